The number of nitrogens with one attached hydrogen (secondary N) is 4. The molecule has 11 nitrogen and oxygen atoms in total. The lowest BCUT2D eigenvalue weighted by Gasteiger charge is -2.27. The van der Waals surface area contributed by atoms with Gasteiger partial charge in [-0.3, -0.25) is 19.2 Å². The van der Waals surface area contributed by atoms with E-state index in [9.17, 15) is 28.7 Å². The van der Waals surface area contributed by atoms with Crippen molar-refractivity contribution in [3.63, 3.8) is 0 Å². The molecule has 1 aliphatic rings. The average Bonchev–Trinajstić information content (AvgIpc) is 3.35. The van der Waals surface area contributed by atoms with E-state index in [0.29, 0.717) is 19.3 Å². The van der Waals surface area contributed by atoms with E-state index in [0.717, 1.165) is 6.07 Å². The van der Waals surface area contributed by atoms with Gasteiger partial charge in [0.1, 0.15) is 30.2 Å². The number of halogens is 2. The van der Waals surface area contributed by atoms with Gasteiger partial charge in [0.05, 0.1) is 16.7 Å². The highest BCUT2D eigenvalue weighted by molar-refractivity contribution is 6.33. The molecule has 0 unspecified atom stereocenters. The van der Waals surface area contributed by atoms with E-state index in [4.69, 9.17) is 16.0 Å². The van der Waals surface area contributed by atoms with Gasteiger partial charge in [0.25, 0.3) is 11.8 Å². The van der Waals surface area contributed by atoms with Crippen LogP contribution in [0.3, 0.4) is 0 Å². The van der Waals surface area contributed by atoms with Gasteiger partial charge >= 0.3 is 0 Å². The monoisotopic (exact) mass is 565 g/mol. The zero-order chi connectivity index (χ0) is 28.7. The highest BCUT2D eigenvalue weighted by atomic mass is 35.5. The van der Waals surface area contributed by atoms with Gasteiger partial charge in [0, 0.05) is 6.54 Å². The molecule has 2 heterocycles. The number of carbonyl (C=O) groups excluding carboxylic acids is 4. The van der Waals surface area contributed by atoms with Gasteiger partial charge in [-0.25, -0.2) is 9.37 Å². The largest absolute Gasteiger partial charge is 0.446 e. The lowest BCUT2D eigenvalue weighted by Crippen LogP contribution is -2.57. The number of rotatable bonds is 5. The van der Waals surface area contributed by atoms with E-state index >= 15 is 0 Å². The maximum Gasteiger partial charge on any atom is 0.273 e. The molecule has 2 bridgehead atoms. The van der Waals surface area contributed by atoms with Crippen LogP contribution in [0.1, 0.15) is 79.2 Å². The fraction of sp³-hybridized carbons (Fsp3) is 0.500. The minimum atomic E-state index is -1.39. The van der Waals surface area contributed by atoms with Gasteiger partial charge in [0.15, 0.2) is 5.69 Å². The topological polar surface area (TPSA) is 163 Å². The number of carbonyl (C=O) groups is 4. The Morgan fingerprint density at radius 1 is 1.21 bits per heavy atom. The first-order valence-electron chi connectivity index (χ1n) is 12.7. The Hall–Kier alpha value is -3.51. The van der Waals surface area contributed by atoms with Crippen molar-refractivity contribution in [1.29, 1.82) is 0 Å². The molecule has 5 N–H and O–H groups in total. The van der Waals surface area contributed by atoms with E-state index < -0.39 is 59.2 Å². The van der Waals surface area contributed by atoms with Crippen LogP contribution in [0.25, 0.3) is 0 Å². The maximum atomic E-state index is 14.3. The fourth-order valence-corrected chi connectivity index (χ4v) is 4.39. The zero-order valence-corrected chi connectivity index (χ0v) is 22.7. The molecule has 0 spiro atoms. The highest BCUT2D eigenvalue weighted by Gasteiger charge is 2.33. The Balaban J connectivity index is 1.89. The maximum absolute atomic E-state index is 14.3. The van der Waals surface area contributed by atoms with Crippen molar-refractivity contribution in [2.75, 3.05) is 6.54 Å². The van der Waals surface area contributed by atoms with Crippen LogP contribution in [-0.4, -0.2) is 58.5 Å². The number of hydrogen-bond donors (Lipinski definition) is 5. The summed E-state index contributed by atoms with van der Waals surface area (Å²) < 4.78 is 19.8. The van der Waals surface area contributed by atoms with Gasteiger partial charge in [-0.1, -0.05) is 31.5 Å². The van der Waals surface area contributed by atoms with Crippen LogP contribution >= 0.6 is 11.6 Å². The lowest BCUT2D eigenvalue weighted by molar-refractivity contribution is -0.133. The second-order valence-electron chi connectivity index (χ2n) is 9.86. The van der Waals surface area contributed by atoms with Crippen molar-refractivity contribution in [2.45, 2.75) is 70.7 Å². The predicted octanol–water partition coefficient (Wildman–Crippen LogP) is 2.25. The molecule has 2 aromatic rings. The fourth-order valence-electron chi connectivity index (χ4n) is 4.15. The Morgan fingerprint density at radius 2 is 1.95 bits per heavy atom. The minimum Gasteiger partial charge on any atom is -0.446 e. The van der Waals surface area contributed by atoms with Crippen LogP contribution in [0, 0.1) is 11.7 Å². The van der Waals surface area contributed by atoms with E-state index in [-0.39, 0.29) is 35.5 Å². The molecule has 4 amide bonds. The molecule has 0 saturated carbocycles. The molecule has 1 aromatic heterocycles. The number of aliphatic hydroxyl groups is 1. The quantitative estimate of drug-likeness (QED) is 0.371. The van der Waals surface area contributed by atoms with E-state index in [2.05, 4.69) is 26.3 Å². The summed E-state index contributed by atoms with van der Waals surface area (Å²) in [5, 5.41) is 20.7. The zero-order valence-electron chi connectivity index (χ0n) is 21.9. The number of oxazole rings is 1. The predicted molar refractivity (Wildman–Crippen MR) is 139 cm³/mol. The summed E-state index contributed by atoms with van der Waals surface area (Å²) in [6, 6.07) is 0.431. The third-order valence-corrected chi connectivity index (χ3v) is 6.47. The number of hydrogen-bond acceptors (Lipinski definition) is 7. The normalized spacial score (nSPS) is 22.0. The number of amides is 4. The third kappa shape index (κ3) is 7.99. The van der Waals surface area contributed by atoms with Crippen LogP contribution in [0.15, 0.2) is 28.9 Å². The van der Waals surface area contributed by atoms with Crippen LogP contribution in [0.2, 0.25) is 5.02 Å². The molecule has 0 fully saturated rings. The van der Waals surface area contributed by atoms with Crippen LogP contribution in [0.4, 0.5) is 4.39 Å². The molecule has 4 atom stereocenters. The first kappa shape index (κ1) is 30.0. The number of benzene rings is 1. The molecule has 1 aromatic carbocycles. The Bertz CT molecular complexity index is 1180. The van der Waals surface area contributed by atoms with Crippen LogP contribution in [0.5, 0.6) is 0 Å². The Kier molecular flexibility index (Phi) is 10.4. The number of aromatic nitrogens is 1. The number of fused-ring (bicyclic) bond motifs is 2. The number of nitrogens with zero attached hydrogens (tertiary/aromatic N) is 1. The van der Waals surface area contributed by atoms with Crippen LogP contribution in [-0.2, 0) is 9.59 Å². The lowest BCUT2D eigenvalue weighted by atomic mass is 10.0. The highest BCUT2D eigenvalue weighted by Crippen LogP contribution is 2.22. The first-order valence-corrected chi connectivity index (χ1v) is 13.1. The van der Waals surface area contributed by atoms with Crippen molar-refractivity contribution >= 4 is 35.2 Å². The summed E-state index contributed by atoms with van der Waals surface area (Å²) in [5.41, 5.74) is -0.371. The summed E-state index contributed by atoms with van der Waals surface area (Å²) in [6.45, 7) is 5.43. The molecule has 13 heteroatoms. The van der Waals surface area contributed by atoms with Crippen molar-refractivity contribution in [3.05, 3.63) is 52.5 Å². The summed E-state index contributed by atoms with van der Waals surface area (Å²) >= 11 is 6.01. The second kappa shape index (κ2) is 13.5. The second-order valence-corrected chi connectivity index (χ2v) is 10.3. The molecular formula is C26H33ClFN5O6. The van der Waals surface area contributed by atoms with E-state index in [1.54, 1.807) is 0 Å². The van der Waals surface area contributed by atoms with Gasteiger partial charge < -0.3 is 30.8 Å². The van der Waals surface area contributed by atoms with Gasteiger partial charge in [-0.2, -0.15) is 0 Å². The first-order chi connectivity index (χ1) is 18.5. The summed E-state index contributed by atoms with van der Waals surface area (Å²) in [5.74, 6) is -3.51. The molecule has 3 rings (SSSR count). The standard InChI is InChI=1S/C26H33ClFN5O6/c1-13(2)11-18-26-32-19(12-39-26)22(35)29-10-5-4-9-17(23(36)33-21(14(3)34)25(38)31-18)30-24(37)20-15(27)7-6-8-16(20)28/h6-8,12-14,17-18,21,34H,4-5,9-11H2,1-3H3,(H,29,35)(H,30,37)(H,31,38)(H,33,36)/t14-,17+,18+,21+/m1/s1. The summed E-state index contributed by atoms with van der Waals surface area (Å²) in [4.78, 5) is 56.1. The Labute approximate surface area is 230 Å². The van der Waals surface area contributed by atoms with E-state index in [1.807, 2.05) is 13.8 Å². The van der Waals surface area contributed by atoms with Gasteiger partial charge in [0.2, 0.25) is 17.7 Å². The van der Waals surface area contributed by atoms with Crippen molar-refractivity contribution in [2.24, 2.45) is 5.92 Å². The van der Waals surface area contributed by atoms with Crippen molar-refractivity contribution < 1.29 is 33.1 Å². The minimum absolute atomic E-state index is 0.0485. The molecule has 212 valence electrons. The SMILES string of the molecule is CC(C)C[C@@H]1NC(=O)[C@H]([C@@H](C)O)NC(=O)[C@@H](NC(=O)c2c(F)cccc2Cl)CCCCNC(=O)c2coc1n2. The molecule has 0 aliphatic carbocycles. The molecular weight excluding hydrogens is 533 g/mol. The van der Waals surface area contributed by atoms with E-state index in [1.165, 1.54) is 25.3 Å². The number of aliphatic hydroxyl groups excluding tert-OH is 1. The van der Waals surface area contributed by atoms with Crippen LogP contribution < -0.4 is 21.3 Å². The Morgan fingerprint density at radius 3 is 2.62 bits per heavy atom. The van der Waals surface area contributed by atoms with Gasteiger partial charge in [-0.05, 0) is 50.7 Å². The third-order valence-electron chi connectivity index (χ3n) is 6.16. The average molecular weight is 566 g/mol. The van der Waals surface area contributed by atoms with Crippen molar-refractivity contribution in [3.8, 4) is 0 Å². The molecule has 0 radical (unpaired) electrons. The molecule has 1 aliphatic heterocycles. The summed E-state index contributed by atoms with van der Waals surface area (Å²) in [7, 11) is 0. The van der Waals surface area contributed by atoms with Crippen molar-refractivity contribution in [1.82, 2.24) is 26.3 Å². The molecule has 39 heavy (non-hydrogen) atoms. The smallest absolute Gasteiger partial charge is 0.273 e. The summed E-state index contributed by atoms with van der Waals surface area (Å²) in [6.07, 6.45) is 1.20. The van der Waals surface area contributed by atoms with Gasteiger partial charge in [-0.15, -0.1) is 0 Å². The molecule has 0 saturated heterocycles.